The van der Waals surface area contributed by atoms with Crippen LogP contribution in [0.5, 0.6) is 0 Å². The van der Waals surface area contributed by atoms with Crippen molar-refractivity contribution in [2.75, 3.05) is 6.61 Å². The standard InChI is InChI=1S/C24H45O2/c1-4-5-6-7-8-9-10-11-12-13-14-15-16-17-18-19-20-21-22-26-24(25)23(2)3/h1-2,4-22H2,3H3. The summed E-state index contributed by atoms with van der Waals surface area (Å²) in [5.74, 6) is -0.255. The molecule has 2 heteroatoms. The zero-order valence-electron chi connectivity index (χ0n) is 17.7. The van der Waals surface area contributed by atoms with Crippen LogP contribution in [0.4, 0.5) is 0 Å². The fourth-order valence-electron chi connectivity index (χ4n) is 3.22. The Morgan fingerprint density at radius 2 is 0.923 bits per heavy atom. The van der Waals surface area contributed by atoms with Crippen LogP contribution < -0.4 is 0 Å². The molecular formula is C24H45O2. The Kier molecular flexibility index (Phi) is 19.9. The molecule has 0 fully saturated rings. The van der Waals surface area contributed by atoms with Crippen molar-refractivity contribution in [1.29, 1.82) is 0 Å². The Morgan fingerprint density at radius 3 is 1.23 bits per heavy atom. The highest BCUT2D eigenvalue weighted by Gasteiger charge is 2.01. The molecule has 153 valence electrons. The molecule has 0 bridgehead atoms. The van der Waals surface area contributed by atoms with E-state index >= 15 is 0 Å². The topological polar surface area (TPSA) is 26.3 Å². The number of carbonyl (C=O) groups excluding carboxylic acids is 1. The lowest BCUT2D eigenvalue weighted by Gasteiger charge is -2.05. The van der Waals surface area contributed by atoms with Gasteiger partial charge in [-0.1, -0.05) is 123 Å². The van der Waals surface area contributed by atoms with Crippen LogP contribution >= 0.6 is 0 Å². The van der Waals surface area contributed by atoms with Crippen LogP contribution in [0.25, 0.3) is 0 Å². The van der Waals surface area contributed by atoms with Gasteiger partial charge in [0.2, 0.25) is 0 Å². The third-order valence-electron chi connectivity index (χ3n) is 4.98. The zero-order valence-corrected chi connectivity index (χ0v) is 17.7. The normalized spacial score (nSPS) is 10.8. The van der Waals surface area contributed by atoms with Crippen molar-refractivity contribution in [1.82, 2.24) is 0 Å². The molecule has 0 saturated carbocycles. The van der Waals surface area contributed by atoms with E-state index in [4.69, 9.17) is 4.74 Å². The van der Waals surface area contributed by atoms with Crippen LogP contribution in [0.3, 0.4) is 0 Å². The number of ether oxygens (including phenoxy) is 1. The zero-order chi connectivity index (χ0) is 19.3. The molecule has 0 saturated heterocycles. The number of rotatable bonds is 20. The number of hydrogen-bond acceptors (Lipinski definition) is 2. The Balaban J connectivity index is 3.05. The first-order valence-corrected chi connectivity index (χ1v) is 11.3. The number of carbonyl (C=O) groups is 1. The summed E-state index contributed by atoms with van der Waals surface area (Å²) in [6.07, 6.45) is 24.1. The van der Waals surface area contributed by atoms with Gasteiger partial charge in [0.15, 0.2) is 0 Å². The van der Waals surface area contributed by atoms with Crippen LogP contribution in [0.15, 0.2) is 12.2 Å². The molecule has 0 aliphatic heterocycles. The summed E-state index contributed by atoms with van der Waals surface area (Å²) in [4.78, 5) is 11.2. The van der Waals surface area contributed by atoms with Gasteiger partial charge in [0.1, 0.15) is 0 Å². The van der Waals surface area contributed by atoms with Gasteiger partial charge in [-0.25, -0.2) is 4.79 Å². The van der Waals surface area contributed by atoms with Crippen molar-refractivity contribution in [3.63, 3.8) is 0 Å². The molecule has 0 atom stereocenters. The maximum Gasteiger partial charge on any atom is 0.333 e. The van der Waals surface area contributed by atoms with Gasteiger partial charge < -0.3 is 4.74 Å². The fraction of sp³-hybridized carbons (Fsp3) is 0.833. The maximum atomic E-state index is 11.2. The minimum absolute atomic E-state index is 0.255. The summed E-state index contributed by atoms with van der Waals surface area (Å²) >= 11 is 0. The Labute approximate surface area is 164 Å². The minimum atomic E-state index is -0.255. The van der Waals surface area contributed by atoms with Crippen LogP contribution in [-0.2, 0) is 9.53 Å². The summed E-state index contributed by atoms with van der Waals surface area (Å²) < 4.78 is 5.09. The highest BCUT2D eigenvalue weighted by atomic mass is 16.5. The predicted octanol–water partition coefficient (Wildman–Crippen LogP) is 7.96. The maximum absolute atomic E-state index is 11.2. The van der Waals surface area contributed by atoms with Crippen molar-refractivity contribution >= 4 is 5.97 Å². The Bertz CT molecular complexity index is 322. The monoisotopic (exact) mass is 365 g/mol. The molecule has 0 rings (SSSR count). The second-order valence-electron chi connectivity index (χ2n) is 7.78. The SMILES string of the molecule is [CH2]CCCCCCCCCCCCCCCCCCCOC(=O)C(=C)C. The van der Waals surface area contributed by atoms with E-state index in [-0.39, 0.29) is 5.97 Å². The molecule has 0 aliphatic carbocycles. The lowest BCUT2D eigenvalue weighted by atomic mass is 10.0. The molecule has 0 aliphatic rings. The van der Waals surface area contributed by atoms with E-state index < -0.39 is 0 Å². The molecule has 0 heterocycles. The minimum Gasteiger partial charge on any atom is -0.462 e. The van der Waals surface area contributed by atoms with Crippen molar-refractivity contribution in [3.05, 3.63) is 19.1 Å². The highest BCUT2D eigenvalue weighted by molar-refractivity contribution is 5.86. The lowest BCUT2D eigenvalue weighted by molar-refractivity contribution is -0.139. The van der Waals surface area contributed by atoms with Gasteiger partial charge in [-0.05, 0) is 13.3 Å². The highest BCUT2D eigenvalue weighted by Crippen LogP contribution is 2.14. The largest absolute Gasteiger partial charge is 0.462 e. The first-order chi connectivity index (χ1) is 12.7. The van der Waals surface area contributed by atoms with Gasteiger partial charge in [-0.3, -0.25) is 0 Å². The van der Waals surface area contributed by atoms with Crippen molar-refractivity contribution in [2.24, 2.45) is 0 Å². The van der Waals surface area contributed by atoms with Crippen molar-refractivity contribution in [3.8, 4) is 0 Å². The molecule has 26 heavy (non-hydrogen) atoms. The molecule has 2 nitrogen and oxygen atoms in total. The summed E-state index contributed by atoms with van der Waals surface area (Å²) in [7, 11) is 0. The van der Waals surface area contributed by atoms with Crippen LogP contribution in [0.2, 0.25) is 0 Å². The molecule has 0 unspecified atom stereocenters. The van der Waals surface area contributed by atoms with Crippen LogP contribution in [0.1, 0.15) is 122 Å². The molecule has 0 amide bonds. The van der Waals surface area contributed by atoms with Crippen molar-refractivity contribution < 1.29 is 9.53 Å². The molecule has 0 N–H and O–H groups in total. The first kappa shape index (κ1) is 25.2. The quantitative estimate of drug-likeness (QED) is 0.124. The number of unbranched alkanes of at least 4 members (excludes halogenated alkanes) is 17. The van der Waals surface area contributed by atoms with Gasteiger partial charge in [-0.2, -0.15) is 0 Å². The van der Waals surface area contributed by atoms with Gasteiger partial charge in [-0.15, -0.1) is 0 Å². The molecular weight excluding hydrogens is 320 g/mol. The third-order valence-corrected chi connectivity index (χ3v) is 4.98. The molecule has 0 aromatic heterocycles. The Hall–Kier alpha value is -0.790. The summed E-state index contributed by atoms with van der Waals surface area (Å²) in [5.41, 5.74) is 0.491. The summed E-state index contributed by atoms with van der Waals surface area (Å²) in [6.45, 7) is 9.71. The fourth-order valence-corrected chi connectivity index (χ4v) is 3.22. The molecule has 0 aromatic carbocycles. The molecule has 0 spiro atoms. The van der Waals surface area contributed by atoms with E-state index in [0.717, 1.165) is 12.8 Å². The first-order valence-electron chi connectivity index (χ1n) is 11.3. The predicted molar refractivity (Wildman–Crippen MR) is 114 cm³/mol. The summed E-state index contributed by atoms with van der Waals surface area (Å²) in [6, 6.07) is 0. The number of esters is 1. The van der Waals surface area contributed by atoms with Crippen LogP contribution in [-0.4, -0.2) is 12.6 Å². The van der Waals surface area contributed by atoms with E-state index in [1.54, 1.807) is 6.92 Å². The van der Waals surface area contributed by atoms with Gasteiger partial charge in [0.05, 0.1) is 6.61 Å². The van der Waals surface area contributed by atoms with E-state index in [0.29, 0.717) is 12.2 Å². The molecule has 1 radical (unpaired) electrons. The van der Waals surface area contributed by atoms with E-state index in [1.807, 2.05) is 0 Å². The second kappa shape index (κ2) is 20.5. The second-order valence-corrected chi connectivity index (χ2v) is 7.78. The van der Waals surface area contributed by atoms with E-state index in [2.05, 4.69) is 13.5 Å². The molecule has 0 aromatic rings. The van der Waals surface area contributed by atoms with Gasteiger partial charge >= 0.3 is 5.97 Å². The van der Waals surface area contributed by atoms with E-state index in [9.17, 15) is 4.79 Å². The van der Waals surface area contributed by atoms with Gasteiger partial charge in [0.25, 0.3) is 0 Å². The smallest absolute Gasteiger partial charge is 0.333 e. The van der Waals surface area contributed by atoms with Crippen LogP contribution in [0, 0.1) is 6.92 Å². The average molecular weight is 366 g/mol. The average Bonchev–Trinajstić information content (AvgIpc) is 2.63. The Morgan fingerprint density at radius 1 is 0.615 bits per heavy atom. The number of hydrogen-bond donors (Lipinski definition) is 0. The van der Waals surface area contributed by atoms with E-state index in [1.165, 1.54) is 103 Å². The third kappa shape index (κ3) is 19.5. The van der Waals surface area contributed by atoms with Crippen molar-refractivity contribution in [2.45, 2.75) is 122 Å². The lowest BCUT2D eigenvalue weighted by Crippen LogP contribution is -2.05. The summed E-state index contributed by atoms with van der Waals surface area (Å²) in [5, 5.41) is 0. The van der Waals surface area contributed by atoms with Gasteiger partial charge in [0, 0.05) is 5.57 Å².